The molecule has 0 spiro atoms. The van der Waals surface area contributed by atoms with Crippen LogP contribution in [0.25, 0.3) is 0 Å². The van der Waals surface area contributed by atoms with E-state index < -0.39 is 18.1 Å². The van der Waals surface area contributed by atoms with E-state index in [1.165, 1.54) is 24.2 Å². The minimum atomic E-state index is -0.627. The van der Waals surface area contributed by atoms with Crippen molar-refractivity contribution in [3.63, 3.8) is 0 Å². The number of likely N-dealkylation sites (tertiary alicyclic amines) is 1. The first-order valence-corrected chi connectivity index (χ1v) is 13.9. The van der Waals surface area contributed by atoms with E-state index in [2.05, 4.69) is 10.2 Å². The summed E-state index contributed by atoms with van der Waals surface area (Å²) in [5.74, 6) is -0.570. The predicted molar refractivity (Wildman–Crippen MR) is 138 cm³/mol. The highest BCUT2D eigenvalue weighted by Gasteiger charge is 2.35. The maximum absolute atomic E-state index is 13.6. The minimum Gasteiger partial charge on any atom is -0.465 e. The molecular weight excluding hydrogens is 466 g/mol. The van der Waals surface area contributed by atoms with Crippen LogP contribution in [-0.4, -0.2) is 80.0 Å². The molecule has 3 rings (SSSR count). The van der Waals surface area contributed by atoms with Crippen molar-refractivity contribution in [2.24, 2.45) is 0 Å². The maximum Gasteiger partial charge on any atom is 0.326 e. The number of hydrogen-bond acceptors (Lipinski definition) is 8. The number of hydrogen-bond donors (Lipinski definition) is 1. The second-order valence-corrected chi connectivity index (χ2v) is 9.99. The van der Waals surface area contributed by atoms with Gasteiger partial charge in [-0.25, -0.2) is 0 Å². The van der Waals surface area contributed by atoms with Crippen LogP contribution < -0.4 is 10.2 Å². The number of thioether (sulfide) groups is 1. The van der Waals surface area contributed by atoms with Crippen LogP contribution in [-0.2, 0) is 23.9 Å². The molecule has 0 radical (unpaired) electrons. The van der Waals surface area contributed by atoms with Crippen molar-refractivity contribution >= 4 is 35.3 Å². The van der Waals surface area contributed by atoms with E-state index in [4.69, 9.17) is 9.47 Å². The van der Waals surface area contributed by atoms with Crippen LogP contribution >= 0.6 is 11.8 Å². The van der Waals surface area contributed by atoms with Gasteiger partial charge in [-0.3, -0.25) is 24.6 Å². The fraction of sp³-hybridized carbons (Fsp3) is 0.654. The van der Waals surface area contributed by atoms with E-state index in [0.29, 0.717) is 24.5 Å². The fourth-order valence-corrected chi connectivity index (χ4v) is 5.68. The first kappa shape index (κ1) is 27.5. The Balaban J connectivity index is 1.67. The van der Waals surface area contributed by atoms with E-state index >= 15 is 0 Å². The molecule has 1 aromatic carbocycles. The van der Waals surface area contributed by atoms with Crippen molar-refractivity contribution in [1.29, 1.82) is 0 Å². The molecule has 0 aromatic heterocycles. The SMILES string of the molecule is CCOC(=O)CN1C(=O)C(N[C@H](CCCCN2CCCCC2)C(=O)OCC)CSc2ccccc21. The Kier molecular flexibility index (Phi) is 11.4. The number of ether oxygens (including phenoxy) is 2. The smallest absolute Gasteiger partial charge is 0.326 e. The highest BCUT2D eigenvalue weighted by molar-refractivity contribution is 7.99. The Morgan fingerprint density at radius 2 is 1.83 bits per heavy atom. The van der Waals surface area contributed by atoms with Gasteiger partial charge in [-0.15, -0.1) is 11.8 Å². The Morgan fingerprint density at radius 3 is 2.57 bits per heavy atom. The maximum atomic E-state index is 13.6. The summed E-state index contributed by atoms with van der Waals surface area (Å²) in [5, 5.41) is 3.29. The molecule has 9 heteroatoms. The normalized spacial score (nSPS) is 19.5. The fourth-order valence-electron chi connectivity index (χ4n) is 4.59. The molecule has 0 saturated carbocycles. The van der Waals surface area contributed by atoms with Crippen molar-refractivity contribution in [1.82, 2.24) is 10.2 Å². The van der Waals surface area contributed by atoms with E-state index in [0.717, 1.165) is 37.4 Å². The summed E-state index contributed by atoms with van der Waals surface area (Å²) in [6, 6.07) is 6.34. The molecule has 0 bridgehead atoms. The van der Waals surface area contributed by atoms with Crippen molar-refractivity contribution < 1.29 is 23.9 Å². The van der Waals surface area contributed by atoms with Crippen molar-refractivity contribution in [2.75, 3.05) is 50.0 Å². The molecule has 1 N–H and O–H groups in total. The van der Waals surface area contributed by atoms with Crippen LogP contribution in [0.2, 0.25) is 0 Å². The van der Waals surface area contributed by atoms with Crippen LogP contribution in [0.1, 0.15) is 52.4 Å². The number of fused-ring (bicyclic) bond motifs is 1. The van der Waals surface area contributed by atoms with Crippen LogP contribution in [0.3, 0.4) is 0 Å². The first-order chi connectivity index (χ1) is 17.0. The number of amides is 1. The van der Waals surface area contributed by atoms with Gasteiger partial charge < -0.3 is 14.4 Å². The molecule has 1 saturated heterocycles. The number of rotatable bonds is 12. The molecule has 35 heavy (non-hydrogen) atoms. The third kappa shape index (κ3) is 8.22. The van der Waals surface area contributed by atoms with E-state index in [-0.39, 0.29) is 25.0 Å². The van der Waals surface area contributed by atoms with Crippen molar-refractivity contribution in [3.05, 3.63) is 24.3 Å². The lowest BCUT2D eigenvalue weighted by molar-refractivity contribution is -0.146. The Labute approximate surface area is 213 Å². The number of piperidine rings is 1. The van der Waals surface area contributed by atoms with Gasteiger partial charge in [-0.2, -0.15) is 0 Å². The number of esters is 2. The summed E-state index contributed by atoms with van der Waals surface area (Å²) in [6.07, 6.45) is 6.32. The summed E-state index contributed by atoms with van der Waals surface area (Å²) < 4.78 is 10.4. The number of unbranched alkanes of at least 4 members (excludes halogenated alkanes) is 1. The monoisotopic (exact) mass is 505 g/mol. The quantitative estimate of drug-likeness (QED) is 0.342. The summed E-state index contributed by atoms with van der Waals surface area (Å²) in [7, 11) is 0. The van der Waals surface area contributed by atoms with Crippen molar-refractivity contribution in [2.45, 2.75) is 69.4 Å². The van der Waals surface area contributed by atoms with Gasteiger partial charge in [0.2, 0.25) is 5.91 Å². The lowest BCUT2D eigenvalue weighted by Gasteiger charge is -2.28. The van der Waals surface area contributed by atoms with Gasteiger partial charge in [0, 0.05) is 10.6 Å². The third-order valence-corrected chi connectivity index (χ3v) is 7.51. The molecule has 1 unspecified atom stereocenters. The second kappa shape index (κ2) is 14.5. The number of anilines is 1. The molecule has 194 valence electrons. The van der Waals surface area contributed by atoms with E-state index in [1.807, 2.05) is 24.3 Å². The van der Waals surface area contributed by atoms with Gasteiger partial charge in [0.05, 0.1) is 24.9 Å². The molecule has 1 amide bonds. The van der Waals surface area contributed by atoms with Crippen LogP contribution in [0.15, 0.2) is 29.2 Å². The van der Waals surface area contributed by atoms with Gasteiger partial charge in [-0.05, 0) is 71.3 Å². The largest absolute Gasteiger partial charge is 0.465 e. The van der Waals surface area contributed by atoms with Gasteiger partial charge in [0.15, 0.2) is 0 Å². The molecule has 1 aromatic rings. The van der Waals surface area contributed by atoms with Crippen LogP contribution in [0.4, 0.5) is 5.69 Å². The number of nitrogens with one attached hydrogen (secondary N) is 1. The number of carbonyl (C=O) groups excluding carboxylic acids is 3. The second-order valence-electron chi connectivity index (χ2n) is 8.93. The molecule has 1 fully saturated rings. The highest BCUT2D eigenvalue weighted by atomic mass is 32.2. The number of nitrogens with zero attached hydrogens (tertiary/aromatic N) is 2. The zero-order valence-electron chi connectivity index (χ0n) is 21.0. The first-order valence-electron chi connectivity index (χ1n) is 12.9. The molecule has 2 aliphatic rings. The molecular formula is C26H39N3O5S. The zero-order chi connectivity index (χ0) is 25.0. The van der Waals surface area contributed by atoms with Crippen LogP contribution in [0.5, 0.6) is 0 Å². The lowest BCUT2D eigenvalue weighted by Crippen LogP contribution is -2.54. The lowest BCUT2D eigenvalue weighted by atomic mass is 10.1. The standard InChI is InChI=1S/C26H39N3O5S/c1-3-33-24(30)18-29-22-13-6-7-14-23(22)35-19-21(25(29)31)27-20(26(32)34-4-2)12-8-11-17-28-15-9-5-10-16-28/h6-7,13-14,20-21,27H,3-5,8-12,15-19H2,1-2H3/t20-,21?/m1/s1. The summed E-state index contributed by atoms with van der Waals surface area (Å²) in [4.78, 5) is 43.5. The Bertz CT molecular complexity index is 846. The minimum absolute atomic E-state index is 0.164. The average Bonchev–Trinajstić information content (AvgIpc) is 2.99. The van der Waals surface area contributed by atoms with Gasteiger partial charge in [-0.1, -0.05) is 25.0 Å². The number of para-hydroxylation sites is 1. The topological polar surface area (TPSA) is 88.2 Å². The Hall–Kier alpha value is -2.10. The van der Waals surface area contributed by atoms with Gasteiger partial charge >= 0.3 is 11.9 Å². The molecule has 2 atom stereocenters. The van der Waals surface area contributed by atoms with Gasteiger partial charge in [0.1, 0.15) is 12.6 Å². The average molecular weight is 506 g/mol. The number of carbonyl (C=O) groups is 3. The zero-order valence-corrected chi connectivity index (χ0v) is 21.8. The van der Waals surface area contributed by atoms with E-state index in [9.17, 15) is 14.4 Å². The highest BCUT2D eigenvalue weighted by Crippen LogP contribution is 2.34. The molecule has 8 nitrogen and oxygen atoms in total. The predicted octanol–water partition coefficient (Wildman–Crippen LogP) is 3.23. The number of benzene rings is 1. The summed E-state index contributed by atoms with van der Waals surface area (Å²) >= 11 is 1.54. The molecule has 0 aliphatic carbocycles. The van der Waals surface area contributed by atoms with Crippen LogP contribution in [0, 0.1) is 0 Å². The summed E-state index contributed by atoms with van der Waals surface area (Å²) in [5.41, 5.74) is 0.689. The molecule has 2 aliphatic heterocycles. The van der Waals surface area contributed by atoms with Gasteiger partial charge in [0.25, 0.3) is 0 Å². The third-order valence-electron chi connectivity index (χ3n) is 6.36. The Morgan fingerprint density at radius 1 is 1.09 bits per heavy atom. The summed E-state index contributed by atoms with van der Waals surface area (Å²) in [6.45, 7) is 7.26. The van der Waals surface area contributed by atoms with Crippen molar-refractivity contribution in [3.8, 4) is 0 Å². The molecule has 2 heterocycles. The van der Waals surface area contributed by atoms with E-state index in [1.54, 1.807) is 25.6 Å².